The van der Waals surface area contributed by atoms with Gasteiger partial charge < -0.3 is 19.7 Å². The smallest absolute Gasteiger partial charge is 0.380 e. The molecule has 4 atom stereocenters. The van der Waals surface area contributed by atoms with Crippen molar-refractivity contribution in [2.75, 3.05) is 24.3 Å². The Morgan fingerprint density at radius 2 is 2.03 bits per heavy atom. The predicted octanol–water partition coefficient (Wildman–Crippen LogP) is 3.29. The quantitative estimate of drug-likeness (QED) is 0.385. The molecule has 10 nitrogen and oxygen atoms in total. The highest BCUT2D eigenvalue weighted by Crippen LogP contribution is 2.51. The van der Waals surface area contributed by atoms with E-state index in [0.717, 1.165) is 0 Å². The number of esters is 1. The van der Waals surface area contributed by atoms with Crippen LogP contribution in [0.1, 0.15) is 27.0 Å². The first-order valence-corrected chi connectivity index (χ1v) is 13.2. The van der Waals surface area contributed by atoms with Crippen molar-refractivity contribution in [2.24, 2.45) is 5.92 Å². The van der Waals surface area contributed by atoms with Gasteiger partial charge in [0.25, 0.3) is 0 Å². The van der Waals surface area contributed by atoms with Gasteiger partial charge in [-0.2, -0.15) is 4.98 Å². The van der Waals surface area contributed by atoms with Gasteiger partial charge in [-0.15, -0.1) is 11.8 Å². The number of nitrogen functional groups attached to an aromatic ring is 1. The van der Waals surface area contributed by atoms with Crippen LogP contribution in [0.25, 0.3) is 0 Å². The van der Waals surface area contributed by atoms with Crippen molar-refractivity contribution < 1.29 is 27.9 Å². The van der Waals surface area contributed by atoms with Gasteiger partial charge in [-0.05, 0) is 32.0 Å². The summed E-state index contributed by atoms with van der Waals surface area (Å²) in [6.45, 7) is 5.04. The first kappa shape index (κ1) is 25.3. The summed E-state index contributed by atoms with van der Waals surface area (Å²) >= 11 is 1.40. The highest BCUT2D eigenvalue weighted by molar-refractivity contribution is 8.00. The van der Waals surface area contributed by atoms with E-state index in [1.165, 1.54) is 28.6 Å². The summed E-state index contributed by atoms with van der Waals surface area (Å²) < 4.78 is 37.5. The van der Waals surface area contributed by atoms with Crippen molar-refractivity contribution in [3.8, 4) is 5.75 Å². The predicted molar refractivity (Wildman–Crippen MR) is 125 cm³/mol. The maximum absolute atomic E-state index is 13.6. The molecular formula is C21H28N3O7PS. The summed E-state index contributed by atoms with van der Waals surface area (Å²) in [6.07, 6.45) is 0.514. The molecule has 2 N–H and O–H groups in total. The maximum atomic E-state index is 13.6. The molecule has 1 aromatic heterocycles. The van der Waals surface area contributed by atoms with Gasteiger partial charge in [0.1, 0.15) is 23.2 Å². The molecule has 1 aromatic carbocycles. The zero-order valence-electron chi connectivity index (χ0n) is 18.7. The van der Waals surface area contributed by atoms with Gasteiger partial charge in [0.15, 0.2) is 0 Å². The third-order valence-corrected chi connectivity index (χ3v) is 7.67. The molecule has 2 heterocycles. The third kappa shape index (κ3) is 7.33. The Morgan fingerprint density at radius 1 is 1.30 bits per heavy atom. The van der Waals surface area contributed by atoms with Crippen molar-refractivity contribution in [1.82, 2.24) is 9.55 Å². The van der Waals surface area contributed by atoms with Crippen LogP contribution in [0.4, 0.5) is 5.82 Å². The number of aromatic nitrogens is 2. The summed E-state index contributed by atoms with van der Waals surface area (Å²) in [6, 6.07) is 10.1. The molecule has 3 rings (SSSR count). The highest BCUT2D eigenvalue weighted by atomic mass is 32.2. The summed E-state index contributed by atoms with van der Waals surface area (Å²) in [4.78, 5) is 28.0. The first-order chi connectivity index (χ1) is 15.6. The third-order valence-electron chi connectivity index (χ3n) is 4.54. The number of carbonyl (C=O) groups is 1. The normalized spacial score (nSPS) is 20.8. The lowest BCUT2D eigenvalue weighted by molar-refractivity contribution is -0.151. The van der Waals surface area contributed by atoms with Crippen LogP contribution in [-0.2, 0) is 23.4 Å². The van der Waals surface area contributed by atoms with Crippen LogP contribution in [0.3, 0.4) is 0 Å². The molecule has 0 unspecified atom stereocenters. The molecular weight excluding hydrogens is 469 g/mol. The van der Waals surface area contributed by atoms with Gasteiger partial charge in [0, 0.05) is 11.9 Å². The minimum absolute atomic E-state index is 0.0611. The number of anilines is 1. The summed E-state index contributed by atoms with van der Waals surface area (Å²) in [5, 5.41) is 0. The summed E-state index contributed by atoms with van der Waals surface area (Å²) in [5.74, 6) is -0.215. The monoisotopic (exact) mass is 497 g/mol. The molecule has 180 valence electrons. The Kier molecular flexibility index (Phi) is 8.58. The standard InChI is InChI=1S/C21H28N3O7PS/c1-14(2)29-20(25)15(3)12-32(27,31-16-7-5-4-6-8-16)28-11-19-30-18(13-33-19)24-10-9-17(22)23-21(24)26/h4-10,14-15,18-19H,11-13H2,1-3H3,(H2,22,23,26)/t15-,18+,19-,32+/m1/s1. The Morgan fingerprint density at radius 3 is 2.70 bits per heavy atom. The molecule has 0 amide bonds. The molecule has 1 aliphatic rings. The molecule has 1 saturated heterocycles. The molecule has 1 fully saturated rings. The highest BCUT2D eigenvalue weighted by Gasteiger charge is 2.36. The fourth-order valence-corrected chi connectivity index (χ4v) is 5.96. The Hall–Kier alpha value is -2.33. The van der Waals surface area contributed by atoms with Crippen molar-refractivity contribution in [2.45, 2.75) is 38.5 Å². The first-order valence-electron chi connectivity index (χ1n) is 10.5. The maximum Gasteiger partial charge on any atom is 0.380 e. The van der Waals surface area contributed by atoms with Crippen molar-refractivity contribution >= 4 is 31.1 Å². The molecule has 0 aliphatic carbocycles. The molecule has 2 aromatic rings. The molecule has 0 spiro atoms. The van der Waals surface area contributed by atoms with Crippen LogP contribution in [0.2, 0.25) is 0 Å². The van der Waals surface area contributed by atoms with E-state index < -0.39 is 36.8 Å². The lowest BCUT2D eigenvalue weighted by Crippen LogP contribution is -2.29. The minimum atomic E-state index is -3.75. The van der Waals surface area contributed by atoms with Gasteiger partial charge in [-0.25, -0.2) is 9.36 Å². The average Bonchev–Trinajstić information content (AvgIpc) is 3.21. The summed E-state index contributed by atoms with van der Waals surface area (Å²) in [5.41, 5.74) is 4.52. The van der Waals surface area contributed by atoms with Crippen molar-refractivity contribution in [3.63, 3.8) is 0 Å². The van der Waals surface area contributed by atoms with Crippen LogP contribution in [-0.4, -0.2) is 45.6 Å². The van der Waals surface area contributed by atoms with E-state index in [1.807, 2.05) is 0 Å². The van der Waals surface area contributed by atoms with E-state index in [2.05, 4.69) is 4.98 Å². The summed E-state index contributed by atoms with van der Waals surface area (Å²) in [7, 11) is -3.75. The number of para-hydroxylation sites is 1. The second kappa shape index (κ2) is 11.2. The van der Waals surface area contributed by atoms with Gasteiger partial charge in [-0.1, -0.05) is 25.1 Å². The second-order valence-corrected chi connectivity index (χ2v) is 11.0. The van der Waals surface area contributed by atoms with Crippen LogP contribution >= 0.6 is 19.4 Å². The largest absolute Gasteiger partial charge is 0.463 e. The number of nitrogens with zero attached hydrogens (tertiary/aromatic N) is 2. The number of thioether (sulfide) groups is 1. The van der Waals surface area contributed by atoms with E-state index in [4.69, 9.17) is 24.3 Å². The molecule has 33 heavy (non-hydrogen) atoms. The Bertz CT molecular complexity index is 1050. The van der Waals surface area contributed by atoms with Crippen LogP contribution in [0, 0.1) is 5.92 Å². The van der Waals surface area contributed by atoms with E-state index in [1.54, 1.807) is 51.1 Å². The number of benzene rings is 1. The number of hydrogen-bond acceptors (Lipinski definition) is 10. The fourth-order valence-electron chi connectivity index (χ4n) is 3.01. The number of nitrogens with two attached hydrogens (primary N) is 1. The Labute approximate surface area is 196 Å². The van der Waals surface area contributed by atoms with Gasteiger partial charge in [-0.3, -0.25) is 13.9 Å². The molecule has 0 bridgehead atoms. The van der Waals surface area contributed by atoms with Gasteiger partial charge >= 0.3 is 19.3 Å². The average molecular weight is 498 g/mol. The van der Waals surface area contributed by atoms with E-state index in [0.29, 0.717) is 11.5 Å². The zero-order chi connectivity index (χ0) is 24.0. The van der Waals surface area contributed by atoms with Crippen molar-refractivity contribution in [3.05, 3.63) is 53.1 Å². The minimum Gasteiger partial charge on any atom is -0.463 e. The van der Waals surface area contributed by atoms with E-state index in [9.17, 15) is 14.2 Å². The molecule has 1 aliphatic heterocycles. The fraction of sp³-hybridized carbons (Fsp3) is 0.476. The van der Waals surface area contributed by atoms with E-state index in [-0.39, 0.29) is 24.7 Å². The SMILES string of the molecule is CC(C)OC(=O)[C@H](C)C[P@](=O)(OC[C@@H]1O[C@H](n2ccc(N)nc2=O)CS1)Oc1ccccc1. The number of rotatable bonds is 10. The lowest BCUT2D eigenvalue weighted by atomic mass is 10.2. The molecule has 12 heteroatoms. The lowest BCUT2D eigenvalue weighted by Gasteiger charge is -2.23. The molecule has 0 saturated carbocycles. The van der Waals surface area contributed by atoms with Crippen LogP contribution < -0.4 is 15.9 Å². The van der Waals surface area contributed by atoms with Gasteiger partial charge in [0.2, 0.25) is 0 Å². The topological polar surface area (TPSA) is 132 Å². The zero-order valence-corrected chi connectivity index (χ0v) is 20.4. The Balaban J connectivity index is 1.66. The van der Waals surface area contributed by atoms with Gasteiger partial charge in [0.05, 0.1) is 24.8 Å². The molecule has 0 radical (unpaired) electrons. The van der Waals surface area contributed by atoms with Crippen LogP contribution in [0.15, 0.2) is 47.4 Å². The van der Waals surface area contributed by atoms with Crippen molar-refractivity contribution in [1.29, 1.82) is 0 Å². The van der Waals surface area contributed by atoms with E-state index >= 15 is 0 Å². The number of carbonyl (C=O) groups excluding carboxylic acids is 1. The number of ether oxygens (including phenoxy) is 2. The van der Waals surface area contributed by atoms with Crippen LogP contribution in [0.5, 0.6) is 5.75 Å². The number of hydrogen-bond donors (Lipinski definition) is 1. The second-order valence-electron chi connectivity index (χ2n) is 7.78.